The molecule has 0 aromatic rings. The summed E-state index contributed by atoms with van der Waals surface area (Å²) in [5.74, 6) is -0.0761. The Labute approximate surface area is 145 Å². The number of likely N-dealkylation sites (tertiary alicyclic amines) is 1. The van der Waals surface area contributed by atoms with Gasteiger partial charge in [-0.05, 0) is 37.5 Å². The molecule has 6 nitrogen and oxygen atoms in total. The van der Waals surface area contributed by atoms with Gasteiger partial charge in [-0.3, -0.25) is 14.4 Å². The monoisotopic (exact) mass is 340 g/mol. The number of hydrogen-bond donors (Lipinski definition) is 1. The molecule has 1 saturated heterocycles. The fraction of sp³-hybridized carbons (Fsp3) is 0.833. The summed E-state index contributed by atoms with van der Waals surface area (Å²) in [5.41, 5.74) is 0. The summed E-state index contributed by atoms with van der Waals surface area (Å²) in [6.45, 7) is 8.88. The number of carbonyl (C=O) groups is 3. The predicted molar refractivity (Wildman–Crippen MR) is 92.5 cm³/mol. The van der Waals surface area contributed by atoms with Gasteiger partial charge in [-0.15, -0.1) is 0 Å². The summed E-state index contributed by atoms with van der Waals surface area (Å²) in [6, 6.07) is -0.0931. The second kappa shape index (κ2) is 9.64. The van der Waals surface area contributed by atoms with Gasteiger partial charge >= 0.3 is 5.97 Å². The lowest BCUT2D eigenvalue weighted by Gasteiger charge is -2.29. The van der Waals surface area contributed by atoms with Crippen LogP contribution in [0.2, 0.25) is 0 Å². The zero-order chi connectivity index (χ0) is 18.3. The van der Waals surface area contributed by atoms with Crippen LogP contribution < -0.4 is 0 Å². The minimum Gasteiger partial charge on any atom is -0.480 e. The zero-order valence-corrected chi connectivity index (χ0v) is 15.5. The van der Waals surface area contributed by atoms with E-state index in [1.165, 1.54) is 11.8 Å². The van der Waals surface area contributed by atoms with E-state index in [4.69, 9.17) is 5.11 Å². The van der Waals surface area contributed by atoms with Crippen LogP contribution in [0.15, 0.2) is 0 Å². The van der Waals surface area contributed by atoms with Crippen LogP contribution in [0, 0.1) is 11.8 Å². The van der Waals surface area contributed by atoms with E-state index in [9.17, 15) is 14.4 Å². The van der Waals surface area contributed by atoms with Crippen molar-refractivity contribution < 1.29 is 19.5 Å². The van der Waals surface area contributed by atoms with Gasteiger partial charge in [0.05, 0.1) is 0 Å². The molecule has 2 atom stereocenters. The molecule has 1 N–H and O–H groups in total. The molecule has 2 unspecified atom stereocenters. The van der Waals surface area contributed by atoms with E-state index in [1.807, 2.05) is 4.90 Å². The summed E-state index contributed by atoms with van der Waals surface area (Å²) in [4.78, 5) is 38.5. The number of carbonyl (C=O) groups excluding carboxylic acids is 2. The zero-order valence-electron chi connectivity index (χ0n) is 15.5. The molecular weight excluding hydrogens is 308 g/mol. The van der Waals surface area contributed by atoms with Gasteiger partial charge < -0.3 is 14.9 Å². The molecule has 24 heavy (non-hydrogen) atoms. The van der Waals surface area contributed by atoms with E-state index in [0.717, 1.165) is 19.3 Å². The lowest BCUT2D eigenvalue weighted by Crippen LogP contribution is -2.43. The number of aliphatic carboxylic acids is 1. The number of carboxylic acid groups (broad SMARTS) is 1. The molecule has 0 aliphatic carbocycles. The van der Waals surface area contributed by atoms with E-state index in [-0.39, 0.29) is 24.4 Å². The highest BCUT2D eigenvalue weighted by molar-refractivity contribution is 5.80. The predicted octanol–water partition coefficient (Wildman–Crippen LogP) is 2.37. The van der Waals surface area contributed by atoms with Gasteiger partial charge in [0.15, 0.2) is 0 Å². The summed E-state index contributed by atoms with van der Waals surface area (Å²) < 4.78 is 0. The van der Waals surface area contributed by atoms with E-state index in [1.54, 1.807) is 0 Å². The lowest BCUT2D eigenvalue weighted by molar-refractivity contribution is -0.145. The first kappa shape index (κ1) is 20.5. The molecule has 0 bridgehead atoms. The summed E-state index contributed by atoms with van der Waals surface area (Å²) in [7, 11) is 0. The van der Waals surface area contributed by atoms with Gasteiger partial charge in [0, 0.05) is 32.5 Å². The van der Waals surface area contributed by atoms with Crippen molar-refractivity contribution in [3.8, 4) is 0 Å². The quantitative estimate of drug-likeness (QED) is 0.772. The third-order valence-corrected chi connectivity index (χ3v) is 4.60. The molecule has 1 aliphatic rings. The molecule has 0 saturated carbocycles. The average molecular weight is 340 g/mol. The van der Waals surface area contributed by atoms with Crippen LogP contribution in [0.1, 0.15) is 59.8 Å². The molecule has 0 aromatic carbocycles. The van der Waals surface area contributed by atoms with Gasteiger partial charge in [-0.25, -0.2) is 0 Å². The fourth-order valence-electron chi connectivity index (χ4n) is 3.60. The molecule has 6 heteroatoms. The van der Waals surface area contributed by atoms with Crippen LogP contribution in [0.5, 0.6) is 0 Å². The van der Waals surface area contributed by atoms with Crippen LogP contribution in [0.4, 0.5) is 0 Å². The molecule has 138 valence electrons. The van der Waals surface area contributed by atoms with Crippen LogP contribution in [-0.2, 0) is 14.4 Å². The number of hydrogen-bond acceptors (Lipinski definition) is 3. The topological polar surface area (TPSA) is 77.9 Å². The van der Waals surface area contributed by atoms with Gasteiger partial charge in [-0.1, -0.05) is 20.8 Å². The second-order valence-corrected chi connectivity index (χ2v) is 7.45. The molecule has 1 heterocycles. The minimum absolute atomic E-state index is 0.0931. The minimum atomic E-state index is -0.995. The smallest absolute Gasteiger partial charge is 0.323 e. The van der Waals surface area contributed by atoms with Gasteiger partial charge in [0.2, 0.25) is 11.8 Å². The molecule has 1 rings (SSSR count). The first-order valence-electron chi connectivity index (χ1n) is 8.97. The van der Waals surface area contributed by atoms with Crippen molar-refractivity contribution in [1.29, 1.82) is 0 Å². The maximum Gasteiger partial charge on any atom is 0.323 e. The highest BCUT2D eigenvalue weighted by atomic mass is 16.4. The highest BCUT2D eigenvalue weighted by Gasteiger charge is 2.27. The van der Waals surface area contributed by atoms with Crippen LogP contribution in [-0.4, -0.2) is 58.4 Å². The Morgan fingerprint density at radius 1 is 1.17 bits per heavy atom. The maximum atomic E-state index is 12.5. The number of nitrogens with zero attached hydrogens (tertiary/aromatic N) is 2. The first-order chi connectivity index (χ1) is 11.2. The molecule has 1 aliphatic heterocycles. The largest absolute Gasteiger partial charge is 0.480 e. The van der Waals surface area contributed by atoms with E-state index >= 15 is 0 Å². The SMILES string of the molecule is CC(=O)N(CC(=O)O)C1CCCN(C(=O)CC(C)CC(C)C)CC1. The Bertz CT molecular complexity index is 450. The number of rotatable bonds is 7. The molecule has 0 spiro atoms. The Balaban J connectivity index is 2.59. The van der Waals surface area contributed by atoms with Crippen molar-refractivity contribution in [2.75, 3.05) is 19.6 Å². The molecule has 0 aromatic heterocycles. The van der Waals surface area contributed by atoms with Crippen molar-refractivity contribution in [3.63, 3.8) is 0 Å². The Morgan fingerprint density at radius 2 is 1.83 bits per heavy atom. The Morgan fingerprint density at radius 3 is 2.38 bits per heavy atom. The molecule has 2 amide bonds. The second-order valence-electron chi connectivity index (χ2n) is 7.45. The normalized spacial score (nSPS) is 19.7. The van der Waals surface area contributed by atoms with Crippen molar-refractivity contribution in [1.82, 2.24) is 9.80 Å². The third-order valence-electron chi connectivity index (χ3n) is 4.60. The van der Waals surface area contributed by atoms with Crippen molar-refractivity contribution >= 4 is 17.8 Å². The van der Waals surface area contributed by atoms with E-state index in [0.29, 0.717) is 37.8 Å². The van der Waals surface area contributed by atoms with Gasteiger partial charge in [0.25, 0.3) is 0 Å². The van der Waals surface area contributed by atoms with Crippen molar-refractivity contribution in [3.05, 3.63) is 0 Å². The van der Waals surface area contributed by atoms with Crippen LogP contribution >= 0.6 is 0 Å². The van der Waals surface area contributed by atoms with Crippen molar-refractivity contribution in [2.24, 2.45) is 11.8 Å². The van der Waals surface area contributed by atoms with Gasteiger partial charge in [0.1, 0.15) is 6.54 Å². The number of carboxylic acids is 1. The molecule has 0 radical (unpaired) electrons. The fourth-order valence-corrected chi connectivity index (χ4v) is 3.60. The lowest BCUT2D eigenvalue weighted by atomic mass is 9.95. The Kier molecular flexibility index (Phi) is 8.22. The highest BCUT2D eigenvalue weighted by Crippen LogP contribution is 2.20. The molecular formula is C18H32N2O4. The summed E-state index contributed by atoms with van der Waals surface area (Å²) in [5, 5.41) is 8.99. The Hall–Kier alpha value is -1.59. The first-order valence-corrected chi connectivity index (χ1v) is 8.97. The summed E-state index contributed by atoms with van der Waals surface area (Å²) in [6.07, 6.45) is 3.81. The van der Waals surface area contributed by atoms with E-state index in [2.05, 4.69) is 20.8 Å². The number of amides is 2. The van der Waals surface area contributed by atoms with Crippen molar-refractivity contribution in [2.45, 2.75) is 65.8 Å². The third kappa shape index (κ3) is 6.89. The van der Waals surface area contributed by atoms with Gasteiger partial charge in [-0.2, -0.15) is 0 Å². The summed E-state index contributed by atoms with van der Waals surface area (Å²) >= 11 is 0. The van der Waals surface area contributed by atoms with Crippen LogP contribution in [0.25, 0.3) is 0 Å². The standard InChI is InChI=1S/C18H32N2O4/c1-13(2)10-14(3)11-17(22)19-8-5-6-16(7-9-19)20(15(4)21)12-18(23)24/h13-14,16H,5-12H2,1-4H3,(H,23,24). The molecule has 1 fully saturated rings. The van der Waals surface area contributed by atoms with E-state index < -0.39 is 5.97 Å². The maximum absolute atomic E-state index is 12.5. The van der Waals surface area contributed by atoms with Crippen LogP contribution in [0.3, 0.4) is 0 Å². The average Bonchev–Trinajstić information content (AvgIpc) is 2.68.